The summed E-state index contributed by atoms with van der Waals surface area (Å²) in [6.07, 6.45) is 1.47. The molecular weight excluding hydrogens is 444 g/mol. The van der Waals surface area contributed by atoms with E-state index in [1.54, 1.807) is 0 Å². The number of piperazine rings is 1. The lowest BCUT2D eigenvalue weighted by atomic mass is 10.2. The Balaban J connectivity index is 1.48. The fourth-order valence-electron chi connectivity index (χ4n) is 3.98. The van der Waals surface area contributed by atoms with Gasteiger partial charge in [0.2, 0.25) is 5.91 Å². The Morgan fingerprint density at radius 2 is 1.88 bits per heavy atom. The molecule has 2 N–H and O–H groups in total. The molecule has 10 heteroatoms. The summed E-state index contributed by atoms with van der Waals surface area (Å²) < 4.78 is 5.56. The second kappa shape index (κ2) is 10.8. The number of carbonyl (C=O) groups is 2. The van der Waals surface area contributed by atoms with E-state index in [0.29, 0.717) is 62.5 Å². The van der Waals surface area contributed by atoms with Crippen LogP contribution in [0.25, 0.3) is 11.4 Å². The molecule has 2 aliphatic rings. The molecular formula is C23H29ClN6O3. The Kier molecular flexibility index (Phi) is 7.61. The maximum absolute atomic E-state index is 12.7. The van der Waals surface area contributed by atoms with Crippen LogP contribution in [-0.2, 0) is 14.3 Å². The SMILES string of the molecule is CC(=O)NCCNc1cc(N2CCN(C(=O)C3CCCO3)CC2)nc(-c2ccc(Cl)cc2)n1. The molecule has 2 fully saturated rings. The molecule has 0 bridgehead atoms. The summed E-state index contributed by atoms with van der Waals surface area (Å²) in [6.45, 7) is 5.82. The van der Waals surface area contributed by atoms with Gasteiger partial charge in [-0.1, -0.05) is 11.6 Å². The molecule has 0 aliphatic carbocycles. The topological polar surface area (TPSA) is 99.7 Å². The summed E-state index contributed by atoms with van der Waals surface area (Å²) in [5, 5.41) is 6.68. The van der Waals surface area contributed by atoms with E-state index in [4.69, 9.17) is 21.3 Å². The number of amides is 2. The molecule has 9 nitrogen and oxygen atoms in total. The highest BCUT2D eigenvalue weighted by molar-refractivity contribution is 6.30. The first-order valence-corrected chi connectivity index (χ1v) is 11.7. The lowest BCUT2D eigenvalue weighted by molar-refractivity contribution is -0.141. The van der Waals surface area contributed by atoms with E-state index < -0.39 is 0 Å². The highest BCUT2D eigenvalue weighted by atomic mass is 35.5. The molecule has 1 unspecified atom stereocenters. The maximum atomic E-state index is 12.7. The Morgan fingerprint density at radius 3 is 2.55 bits per heavy atom. The van der Waals surface area contributed by atoms with E-state index in [1.165, 1.54) is 6.92 Å². The van der Waals surface area contributed by atoms with Crippen LogP contribution in [0.4, 0.5) is 11.6 Å². The van der Waals surface area contributed by atoms with Crippen molar-refractivity contribution in [3.05, 3.63) is 35.4 Å². The maximum Gasteiger partial charge on any atom is 0.251 e. The number of ether oxygens (including phenoxy) is 1. The molecule has 0 spiro atoms. The minimum atomic E-state index is -0.286. The average molecular weight is 473 g/mol. The number of nitrogens with zero attached hydrogens (tertiary/aromatic N) is 4. The Hall–Kier alpha value is -2.91. The summed E-state index contributed by atoms with van der Waals surface area (Å²) in [6, 6.07) is 9.31. The molecule has 0 saturated carbocycles. The van der Waals surface area contributed by atoms with E-state index in [1.807, 2.05) is 35.2 Å². The molecule has 2 amide bonds. The van der Waals surface area contributed by atoms with Crippen molar-refractivity contribution in [3.63, 3.8) is 0 Å². The van der Waals surface area contributed by atoms with Gasteiger partial charge in [-0.2, -0.15) is 0 Å². The third kappa shape index (κ3) is 6.11. The van der Waals surface area contributed by atoms with Crippen LogP contribution in [0.1, 0.15) is 19.8 Å². The molecule has 2 saturated heterocycles. The quantitative estimate of drug-likeness (QED) is 0.596. The number of hydrogen-bond donors (Lipinski definition) is 2. The molecule has 2 aromatic rings. The number of halogens is 1. The second-order valence-electron chi connectivity index (χ2n) is 8.17. The molecule has 33 heavy (non-hydrogen) atoms. The van der Waals surface area contributed by atoms with Gasteiger partial charge in [-0.15, -0.1) is 0 Å². The van der Waals surface area contributed by atoms with Crippen molar-refractivity contribution in [2.75, 3.05) is 56.1 Å². The smallest absolute Gasteiger partial charge is 0.251 e. The van der Waals surface area contributed by atoms with Crippen LogP contribution in [-0.4, -0.2) is 78.7 Å². The summed E-state index contributed by atoms with van der Waals surface area (Å²) >= 11 is 6.04. The summed E-state index contributed by atoms with van der Waals surface area (Å²) in [4.78, 5) is 37.3. The average Bonchev–Trinajstić information content (AvgIpc) is 3.37. The van der Waals surface area contributed by atoms with Crippen LogP contribution in [0.3, 0.4) is 0 Å². The number of nitrogens with one attached hydrogen (secondary N) is 2. The van der Waals surface area contributed by atoms with Crippen molar-refractivity contribution in [2.45, 2.75) is 25.9 Å². The minimum absolute atomic E-state index is 0.0718. The van der Waals surface area contributed by atoms with Gasteiger partial charge in [-0.25, -0.2) is 9.97 Å². The van der Waals surface area contributed by atoms with Crippen molar-refractivity contribution >= 4 is 35.1 Å². The normalized spacial score (nSPS) is 18.3. The molecule has 1 atom stereocenters. The first-order chi connectivity index (χ1) is 16.0. The molecule has 176 valence electrons. The van der Waals surface area contributed by atoms with Crippen molar-refractivity contribution < 1.29 is 14.3 Å². The first-order valence-electron chi connectivity index (χ1n) is 11.3. The van der Waals surface area contributed by atoms with E-state index in [0.717, 1.165) is 24.2 Å². The number of carbonyl (C=O) groups excluding carboxylic acids is 2. The van der Waals surface area contributed by atoms with Crippen LogP contribution in [0, 0.1) is 0 Å². The van der Waals surface area contributed by atoms with E-state index in [-0.39, 0.29) is 17.9 Å². The van der Waals surface area contributed by atoms with Gasteiger partial charge in [0.05, 0.1) is 0 Å². The highest BCUT2D eigenvalue weighted by Crippen LogP contribution is 2.25. The van der Waals surface area contributed by atoms with E-state index >= 15 is 0 Å². The lowest BCUT2D eigenvalue weighted by Crippen LogP contribution is -2.51. The van der Waals surface area contributed by atoms with Crippen molar-refractivity contribution in [1.82, 2.24) is 20.2 Å². The van der Waals surface area contributed by atoms with Crippen molar-refractivity contribution in [1.29, 1.82) is 0 Å². The van der Waals surface area contributed by atoms with Gasteiger partial charge in [-0.3, -0.25) is 9.59 Å². The van der Waals surface area contributed by atoms with Crippen LogP contribution >= 0.6 is 11.6 Å². The number of aromatic nitrogens is 2. The number of rotatable bonds is 7. The molecule has 2 aliphatic heterocycles. The number of hydrogen-bond acceptors (Lipinski definition) is 7. The largest absolute Gasteiger partial charge is 0.368 e. The van der Waals surface area contributed by atoms with Gasteiger partial charge in [0.15, 0.2) is 5.82 Å². The summed E-state index contributed by atoms with van der Waals surface area (Å²) in [7, 11) is 0. The standard InChI is InChI=1S/C23H29ClN6O3/c1-16(31)25-8-9-26-20-15-21(28-22(27-20)17-4-6-18(24)7-5-17)29-10-12-30(13-11-29)23(32)19-3-2-14-33-19/h4-7,15,19H,2-3,8-14H2,1H3,(H,25,31)(H,26,27,28). The van der Waals surface area contributed by atoms with Gasteiger partial charge >= 0.3 is 0 Å². The summed E-state index contributed by atoms with van der Waals surface area (Å²) in [5.74, 6) is 2.08. The van der Waals surface area contributed by atoms with Gasteiger partial charge in [0.25, 0.3) is 5.91 Å². The van der Waals surface area contributed by atoms with Gasteiger partial charge in [0, 0.05) is 69.5 Å². The molecule has 3 heterocycles. The Morgan fingerprint density at radius 1 is 1.12 bits per heavy atom. The Bertz CT molecular complexity index is 973. The van der Waals surface area contributed by atoms with Crippen molar-refractivity contribution in [2.24, 2.45) is 0 Å². The lowest BCUT2D eigenvalue weighted by Gasteiger charge is -2.36. The minimum Gasteiger partial charge on any atom is -0.368 e. The highest BCUT2D eigenvalue weighted by Gasteiger charge is 2.30. The Labute approximate surface area is 198 Å². The van der Waals surface area contributed by atoms with E-state index in [2.05, 4.69) is 20.5 Å². The van der Waals surface area contributed by atoms with Crippen LogP contribution in [0.15, 0.2) is 30.3 Å². The fraction of sp³-hybridized carbons (Fsp3) is 0.478. The zero-order valence-electron chi connectivity index (χ0n) is 18.7. The second-order valence-corrected chi connectivity index (χ2v) is 8.60. The predicted molar refractivity (Wildman–Crippen MR) is 127 cm³/mol. The zero-order valence-corrected chi connectivity index (χ0v) is 19.5. The molecule has 4 rings (SSSR count). The van der Waals surface area contributed by atoms with E-state index in [9.17, 15) is 9.59 Å². The molecule has 1 aromatic carbocycles. The van der Waals surface area contributed by atoms with Gasteiger partial charge in [-0.05, 0) is 37.1 Å². The molecule has 0 radical (unpaired) electrons. The van der Waals surface area contributed by atoms with Gasteiger partial charge in [0.1, 0.15) is 17.7 Å². The van der Waals surface area contributed by atoms with Crippen molar-refractivity contribution in [3.8, 4) is 11.4 Å². The summed E-state index contributed by atoms with van der Waals surface area (Å²) in [5.41, 5.74) is 0.860. The number of anilines is 2. The first kappa shape index (κ1) is 23.3. The number of benzene rings is 1. The van der Waals surface area contributed by atoms with Gasteiger partial charge < -0.3 is 25.2 Å². The zero-order chi connectivity index (χ0) is 23.2. The van der Waals surface area contributed by atoms with Crippen LogP contribution < -0.4 is 15.5 Å². The fourth-order valence-corrected chi connectivity index (χ4v) is 4.10. The van der Waals surface area contributed by atoms with Crippen LogP contribution in [0.5, 0.6) is 0 Å². The third-order valence-corrected chi connectivity index (χ3v) is 5.99. The van der Waals surface area contributed by atoms with Crippen LogP contribution in [0.2, 0.25) is 5.02 Å². The monoisotopic (exact) mass is 472 g/mol. The molecule has 1 aromatic heterocycles. The third-order valence-electron chi connectivity index (χ3n) is 5.74. The predicted octanol–water partition coefficient (Wildman–Crippen LogP) is 2.17.